The van der Waals surface area contributed by atoms with Crippen LogP contribution in [0.4, 0.5) is 5.13 Å². The highest BCUT2D eigenvalue weighted by atomic mass is 32.1. The third-order valence-corrected chi connectivity index (χ3v) is 4.13. The van der Waals surface area contributed by atoms with Gasteiger partial charge in [0.1, 0.15) is 5.76 Å². The summed E-state index contributed by atoms with van der Waals surface area (Å²) in [6, 6.07) is 4.24. The number of anilines is 1. The first-order valence-corrected chi connectivity index (χ1v) is 7.38. The van der Waals surface area contributed by atoms with E-state index >= 15 is 0 Å². The van der Waals surface area contributed by atoms with Crippen molar-refractivity contribution in [2.75, 3.05) is 26.1 Å². The Morgan fingerprint density at radius 3 is 2.90 bits per heavy atom. The number of methoxy groups -OCH3 is 1. The van der Waals surface area contributed by atoms with E-state index in [1.807, 2.05) is 31.1 Å². The molecule has 0 radical (unpaired) electrons. The molecule has 0 aromatic carbocycles. The van der Waals surface area contributed by atoms with Crippen LogP contribution in [0, 0.1) is 0 Å². The first kappa shape index (κ1) is 14.9. The molecular weight excluding hydrogens is 274 g/mol. The van der Waals surface area contributed by atoms with Gasteiger partial charge in [-0.2, -0.15) is 4.98 Å². The van der Waals surface area contributed by atoms with E-state index in [2.05, 4.69) is 17.2 Å². The molecule has 6 heteroatoms. The molecule has 1 N–H and O–H groups in total. The van der Waals surface area contributed by atoms with Crippen LogP contribution in [-0.2, 0) is 13.0 Å². The van der Waals surface area contributed by atoms with Crippen LogP contribution in [0.25, 0.3) is 0 Å². The average molecular weight is 295 g/mol. The number of furan rings is 1. The summed E-state index contributed by atoms with van der Waals surface area (Å²) in [7, 11) is 5.62. The van der Waals surface area contributed by atoms with Crippen molar-refractivity contribution in [3.63, 3.8) is 0 Å². The first-order valence-electron chi connectivity index (χ1n) is 6.57. The van der Waals surface area contributed by atoms with Gasteiger partial charge in [-0.1, -0.05) is 11.3 Å². The van der Waals surface area contributed by atoms with Crippen molar-refractivity contribution in [3.05, 3.63) is 29.0 Å². The molecule has 2 aromatic rings. The molecule has 0 fully saturated rings. The van der Waals surface area contributed by atoms with E-state index in [1.165, 1.54) is 0 Å². The molecule has 0 aliphatic carbocycles. The molecule has 2 heterocycles. The van der Waals surface area contributed by atoms with Gasteiger partial charge in [-0.05, 0) is 19.1 Å². The second-order valence-electron chi connectivity index (χ2n) is 4.89. The Balaban J connectivity index is 1.92. The van der Waals surface area contributed by atoms with E-state index in [1.54, 1.807) is 24.7 Å². The predicted octanol–water partition coefficient (Wildman–Crippen LogP) is 2.53. The summed E-state index contributed by atoms with van der Waals surface area (Å²) < 4.78 is 10.7. The normalized spacial score (nSPS) is 12.4. The van der Waals surface area contributed by atoms with Crippen LogP contribution in [0.3, 0.4) is 0 Å². The molecule has 0 amide bonds. The number of ether oxygens (including phenoxy) is 1. The molecule has 1 unspecified atom stereocenters. The average Bonchev–Trinajstić information content (AvgIpc) is 3.04. The van der Waals surface area contributed by atoms with Crippen LogP contribution in [0.5, 0.6) is 5.88 Å². The Kier molecular flexibility index (Phi) is 5.03. The fraction of sp³-hybridized carbons (Fsp3) is 0.500. The molecule has 1 atom stereocenters. The van der Waals surface area contributed by atoms with Gasteiger partial charge < -0.3 is 19.4 Å². The molecule has 5 nitrogen and oxygen atoms in total. The lowest BCUT2D eigenvalue weighted by Gasteiger charge is -2.11. The SMILES string of the molecule is COc1nc(N(C)C)sc1CNC(C)Cc1ccco1. The molecule has 0 aliphatic heterocycles. The summed E-state index contributed by atoms with van der Waals surface area (Å²) >= 11 is 1.65. The lowest BCUT2D eigenvalue weighted by Crippen LogP contribution is -2.27. The first-order chi connectivity index (χ1) is 9.60. The van der Waals surface area contributed by atoms with Gasteiger partial charge in [0.2, 0.25) is 5.88 Å². The van der Waals surface area contributed by atoms with Gasteiger partial charge in [-0.3, -0.25) is 0 Å². The Bertz CT molecular complexity index is 523. The predicted molar refractivity (Wildman–Crippen MR) is 81.7 cm³/mol. The summed E-state index contributed by atoms with van der Waals surface area (Å²) in [4.78, 5) is 7.55. The minimum absolute atomic E-state index is 0.329. The molecule has 2 aromatic heterocycles. The molecule has 110 valence electrons. The number of hydrogen-bond acceptors (Lipinski definition) is 6. The number of rotatable bonds is 7. The molecule has 0 saturated heterocycles. The maximum atomic E-state index is 5.36. The van der Waals surface area contributed by atoms with E-state index < -0.39 is 0 Å². The fourth-order valence-electron chi connectivity index (χ4n) is 1.86. The summed E-state index contributed by atoms with van der Waals surface area (Å²) in [6.45, 7) is 2.89. The molecule has 0 spiro atoms. The highest BCUT2D eigenvalue weighted by molar-refractivity contribution is 7.15. The van der Waals surface area contributed by atoms with Crippen molar-refractivity contribution in [1.82, 2.24) is 10.3 Å². The maximum absolute atomic E-state index is 5.36. The van der Waals surface area contributed by atoms with Crippen LogP contribution in [0.1, 0.15) is 17.6 Å². The highest BCUT2D eigenvalue weighted by Crippen LogP contribution is 2.30. The van der Waals surface area contributed by atoms with Crippen molar-refractivity contribution in [2.45, 2.75) is 25.9 Å². The van der Waals surface area contributed by atoms with E-state index in [0.717, 1.165) is 28.7 Å². The zero-order valence-electron chi connectivity index (χ0n) is 12.3. The number of thiazole rings is 1. The van der Waals surface area contributed by atoms with Crippen molar-refractivity contribution >= 4 is 16.5 Å². The molecular formula is C14H21N3O2S. The van der Waals surface area contributed by atoms with Crippen molar-refractivity contribution in [3.8, 4) is 5.88 Å². The monoisotopic (exact) mass is 295 g/mol. The second kappa shape index (κ2) is 6.76. The van der Waals surface area contributed by atoms with Crippen molar-refractivity contribution in [2.24, 2.45) is 0 Å². The molecule has 2 rings (SSSR count). The third kappa shape index (κ3) is 3.74. The lowest BCUT2D eigenvalue weighted by molar-refractivity contribution is 0.392. The third-order valence-electron chi connectivity index (χ3n) is 2.92. The largest absolute Gasteiger partial charge is 0.480 e. The molecule has 0 aliphatic rings. The summed E-state index contributed by atoms with van der Waals surface area (Å²) in [5, 5.41) is 4.43. The van der Waals surface area contributed by atoms with Gasteiger partial charge in [0.25, 0.3) is 0 Å². The fourth-order valence-corrected chi connectivity index (χ4v) is 2.76. The number of hydrogen-bond donors (Lipinski definition) is 1. The van der Waals surface area contributed by atoms with E-state index in [9.17, 15) is 0 Å². The van der Waals surface area contributed by atoms with Crippen molar-refractivity contribution < 1.29 is 9.15 Å². The van der Waals surface area contributed by atoms with Gasteiger partial charge in [-0.15, -0.1) is 0 Å². The number of aromatic nitrogens is 1. The van der Waals surface area contributed by atoms with Gasteiger partial charge in [0.05, 0.1) is 18.3 Å². The zero-order chi connectivity index (χ0) is 14.5. The number of nitrogens with one attached hydrogen (secondary N) is 1. The van der Waals surface area contributed by atoms with E-state index in [4.69, 9.17) is 9.15 Å². The van der Waals surface area contributed by atoms with Crippen LogP contribution in [0.15, 0.2) is 22.8 Å². The smallest absolute Gasteiger partial charge is 0.230 e. The Morgan fingerprint density at radius 2 is 2.30 bits per heavy atom. The van der Waals surface area contributed by atoms with E-state index in [0.29, 0.717) is 11.9 Å². The summed E-state index contributed by atoms with van der Waals surface area (Å²) in [6.07, 6.45) is 2.58. The van der Waals surface area contributed by atoms with E-state index in [-0.39, 0.29) is 0 Å². The molecule has 20 heavy (non-hydrogen) atoms. The van der Waals surface area contributed by atoms with Gasteiger partial charge in [0, 0.05) is 33.1 Å². The van der Waals surface area contributed by atoms with Crippen LogP contribution >= 0.6 is 11.3 Å². The van der Waals surface area contributed by atoms with Gasteiger partial charge >= 0.3 is 0 Å². The van der Waals surface area contributed by atoms with Crippen LogP contribution in [0.2, 0.25) is 0 Å². The maximum Gasteiger partial charge on any atom is 0.230 e. The van der Waals surface area contributed by atoms with Gasteiger partial charge in [-0.25, -0.2) is 0 Å². The Hall–Kier alpha value is -1.53. The molecule has 0 saturated carbocycles. The zero-order valence-corrected chi connectivity index (χ0v) is 13.2. The van der Waals surface area contributed by atoms with Crippen LogP contribution < -0.4 is 15.0 Å². The standard InChI is InChI=1S/C14H21N3O2S/c1-10(8-11-6-5-7-19-11)15-9-12-13(18-4)16-14(20-12)17(2)3/h5-7,10,15H,8-9H2,1-4H3. The minimum atomic E-state index is 0.329. The second-order valence-corrected chi connectivity index (χ2v) is 5.95. The summed E-state index contributed by atoms with van der Waals surface area (Å²) in [5.41, 5.74) is 0. The van der Waals surface area contributed by atoms with Crippen molar-refractivity contribution in [1.29, 1.82) is 0 Å². The quantitative estimate of drug-likeness (QED) is 0.850. The number of nitrogens with zero attached hydrogens (tertiary/aromatic N) is 2. The topological polar surface area (TPSA) is 50.5 Å². The highest BCUT2D eigenvalue weighted by Gasteiger charge is 2.14. The lowest BCUT2D eigenvalue weighted by atomic mass is 10.2. The van der Waals surface area contributed by atoms with Gasteiger partial charge in [0.15, 0.2) is 5.13 Å². The molecule has 0 bridgehead atoms. The Labute approximate surface area is 123 Å². The van der Waals surface area contributed by atoms with Crippen LogP contribution in [-0.4, -0.2) is 32.2 Å². The minimum Gasteiger partial charge on any atom is -0.480 e. The summed E-state index contributed by atoms with van der Waals surface area (Å²) in [5.74, 6) is 1.70. The Morgan fingerprint density at radius 1 is 1.50 bits per heavy atom.